The Labute approximate surface area is 150 Å². The number of carbonyl (C=O) groups is 2. The summed E-state index contributed by atoms with van der Waals surface area (Å²) >= 11 is 0. The largest absolute Gasteiger partial charge is 0.349 e. The molecule has 5 nitrogen and oxygen atoms in total. The first kappa shape index (κ1) is 17.8. The maximum Gasteiger partial charge on any atom is 0.321 e. The molecule has 2 aromatic carbocycles. The van der Waals surface area contributed by atoms with E-state index in [1.165, 1.54) is 36.4 Å². The second kappa shape index (κ2) is 7.95. The third kappa shape index (κ3) is 4.36. The minimum absolute atomic E-state index is 0.0128. The van der Waals surface area contributed by atoms with Gasteiger partial charge in [0.05, 0.1) is 5.56 Å². The Morgan fingerprint density at radius 1 is 1.00 bits per heavy atom. The van der Waals surface area contributed by atoms with Gasteiger partial charge in [-0.15, -0.1) is 0 Å². The lowest BCUT2D eigenvalue weighted by atomic mass is 10.0. The molecule has 7 heteroatoms. The summed E-state index contributed by atoms with van der Waals surface area (Å²) in [6.07, 6.45) is 1.13. The lowest BCUT2D eigenvalue weighted by molar-refractivity contribution is 0.0915. The van der Waals surface area contributed by atoms with Gasteiger partial charge in [-0.05, 0) is 43.2 Å². The standard InChI is InChI=1S/C19H19F2N3O2/c20-13-4-3-5-15(12-13)23-19(26)24-10-8-14(9-11-24)22-18(25)16-6-1-2-7-17(16)21/h1-7,12,14H,8-11H2,(H,22,25)(H,23,26). The lowest BCUT2D eigenvalue weighted by Crippen LogP contribution is -2.47. The molecule has 0 saturated carbocycles. The predicted molar refractivity (Wildman–Crippen MR) is 93.9 cm³/mol. The maximum absolute atomic E-state index is 13.6. The quantitative estimate of drug-likeness (QED) is 0.882. The van der Waals surface area contributed by atoms with Gasteiger partial charge in [0.15, 0.2) is 0 Å². The zero-order valence-electron chi connectivity index (χ0n) is 14.0. The smallest absolute Gasteiger partial charge is 0.321 e. The van der Waals surface area contributed by atoms with Gasteiger partial charge in [0, 0.05) is 24.8 Å². The average molecular weight is 359 g/mol. The van der Waals surface area contributed by atoms with Crippen LogP contribution in [0.2, 0.25) is 0 Å². The minimum atomic E-state index is -0.558. The third-order valence-corrected chi connectivity index (χ3v) is 4.31. The van der Waals surface area contributed by atoms with Gasteiger partial charge in [0.1, 0.15) is 11.6 Å². The van der Waals surface area contributed by atoms with Crippen molar-refractivity contribution in [3.8, 4) is 0 Å². The van der Waals surface area contributed by atoms with E-state index in [1.807, 2.05) is 0 Å². The molecule has 1 aliphatic rings. The molecule has 0 radical (unpaired) electrons. The SMILES string of the molecule is O=C(NC1CCN(C(=O)Nc2cccc(F)c2)CC1)c1ccccc1F. The summed E-state index contributed by atoms with van der Waals surface area (Å²) in [7, 11) is 0. The van der Waals surface area contributed by atoms with Gasteiger partial charge in [-0.3, -0.25) is 4.79 Å². The Hall–Kier alpha value is -2.96. The van der Waals surface area contributed by atoms with Crippen molar-refractivity contribution in [2.24, 2.45) is 0 Å². The first-order valence-corrected chi connectivity index (χ1v) is 8.40. The third-order valence-electron chi connectivity index (χ3n) is 4.31. The molecular formula is C19H19F2N3O2. The molecule has 2 N–H and O–H groups in total. The highest BCUT2D eigenvalue weighted by atomic mass is 19.1. The van der Waals surface area contributed by atoms with Crippen molar-refractivity contribution in [1.82, 2.24) is 10.2 Å². The van der Waals surface area contributed by atoms with Gasteiger partial charge in [-0.2, -0.15) is 0 Å². The van der Waals surface area contributed by atoms with Gasteiger partial charge in [-0.25, -0.2) is 13.6 Å². The Morgan fingerprint density at radius 3 is 2.42 bits per heavy atom. The molecule has 0 bridgehead atoms. The van der Waals surface area contributed by atoms with Gasteiger partial charge < -0.3 is 15.5 Å². The summed E-state index contributed by atoms with van der Waals surface area (Å²) < 4.78 is 26.8. The number of amides is 3. The number of halogens is 2. The van der Waals surface area contributed by atoms with Crippen LogP contribution in [0, 0.1) is 11.6 Å². The molecule has 1 saturated heterocycles. The predicted octanol–water partition coefficient (Wildman–Crippen LogP) is 3.39. The van der Waals surface area contributed by atoms with Crippen molar-refractivity contribution in [1.29, 1.82) is 0 Å². The van der Waals surface area contributed by atoms with Crippen molar-refractivity contribution in [3.05, 3.63) is 65.7 Å². The molecule has 0 atom stereocenters. The second-order valence-corrected chi connectivity index (χ2v) is 6.16. The molecule has 26 heavy (non-hydrogen) atoms. The van der Waals surface area contributed by atoms with E-state index in [4.69, 9.17) is 0 Å². The molecular weight excluding hydrogens is 340 g/mol. The van der Waals surface area contributed by atoms with Crippen LogP contribution in [0.25, 0.3) is 0 Å². The van der Waals surface area contributed by atoms with E-state index < -0.39 is 17.5 Å². The van der Waals surface area contributed by atoms with Crippen LogP contribution in [0.1, 0.15) is 23.2 Å². The van der Waals surface area contributed by atoms with Crippen molar-refractivity contribution in [3.63, 3.8) is 0 Å². The number of hydrogen-bond acceptors (Lipinski definition) is 2. The molecule has 2 aromatic rings. The highest BCUT2D eigenvalue weighted by Crippen LogP contribution is 2.15. The monoisotopic (exact) mass is 359 g/mol. The van der Waals surface area contributed by atoms with E-state index in [2.05, 4.69) is 10.6 Å². The maximum atomic E-state index is 13.6. The van der Waals surface area contributed by atoms with Crippen LogP contribution in [0.5, 0.6) is 0 Å². The summed E-state index contributed by atoms with van der Waals surface area (Å²) in [5.74, 6) is -1.43. The van der Waals surface area contributed by atoms with Crippen LogP contribution in [-0.4, -0.2) is 36.0 Å². The molecule has 1 fully saturated rings. The fourth-order valence-corrected chi connectivity index (χ4v) is 2.90. The number of likely N-dealkylation sites (tertiary alicyclic amines) is 1. The molecule has 0 spiro atoms. The highest BCUT2D eigenvalue weighted by Gasteiger charge is 2.24. The van der Waals surface area contributed by atoms with E-state index in [-0.39, 0.29) is 17.6 Å². The minimum Gasteiger partial charge on any atom is -0.349 e. The van der Waals surface area contributed by atoms with Crippen LogP contribution in [0.4, 0.5) is 19.3 Å². The molecule has 0 aliphatic carbocycles. The van der Waals surface area contributed by atoms with Gasteiger partial charge in [0.25, 0.3) is 5.91 Å². The number of carbonyl (C=O) groups excluding carboxylic acids is 2. The zero-order valence-corrected chi connectivity index (χ0v) is 14.0. The van der Waals surface area contributed by atoms with Crippen LogP contribution < -0.4 is 10.6 Å². The highest BCUT2D eigenvalue weighted by molar-refractivity contribution is 5.94. The number of rotatable bonds is 3. The normalized spacial score (nSPS) is 14.8. The van der Waals surface area contributed by atoms with Crippen LogP contribution in [0.3, 0.4) is 0 Å². The van der Waals surface area contributed by atoms with E-state index >= 15 is 0 Å². The van der Waals surface area contributed by atoms with Crippen molar-refractivity contribution in [2.75, 3.05) is 18.4 Å². The Morgan fingerprint density at radius 2 is 1.73 bits per heavy atom. The van der Waals surface area contributed by atoms with E-state index in [1.54, 1.807) is 17.0 Å². The zero-order chi connectivity index (χ0) is 18.5. The Balaban J connectivity index is 1.50. The summed E-state index contributed by atoms with van der Waals surface area (Å²) in [5, 5.41) is 5.46. The number of piperidine rings is 1. The molecule has 136 valence electrons. The van der Waals surface area contributed by atoms with Crippen LogP contribution in [0.15, 0.2) is 48.5 Å². The van der Waals surface area contributed by atoms with Gasteiger partial charge in [-0.1, -0.05) is 18.2 Å². The number of urea groups is 1. The molecule has 0 unspecified atom stereocenters. The van der Waals surface area contributed by atoms with Crippen molar-refractivity contribution in [2.45, 2.75) is 18.9 Å². The van der Waals surface area contributed by atoms with Crippen molar-refractivity contribution >= 4 is 17.6 Å². The summed E-state index contributed by atoms with van der Waals surface area (Å²) in [4.78, 5) is 26.0. The second-order valence-electron chi connectivity index (χ2n) is 6.16. The summed E-state index contributed by atoms with van der Waals surface area (Å²) in [6, 6.07) is 11.1. The van der Waals surface area contributed by atoms with E-state index in [9.17, 15) is 18.4 Å². The van der Waals surface area contributed by atoms with E-state index in [0.717, 1.165) is 0 Å². The van der Waals surface area contributed by atoms with Crippen molar-refractivity contribution < 1.29 is 18.4 Å². The lowest BCUT2D eigenvalue weighted by Gasteiger charge is -2.32. The first-order valence-electron chi connectivity index (χ1n) is 8.40. The number of hydrogen-bond donors (Lipinski definition) is 2. The summed E-state index contributed by atoms with van der Waals surface area (Å²) in [5.41, 5.74) is 0.406. The fraction of sp³-hybridized carbons (Fsp3) is 0.263. The number of nitrogens with zero attached hydrogens (tertiary/aromatic N) is 1. The molecule has 1 aliphatic heterocycles. The van der Waals surface area contributed by atoms with E-state index in [0.29, 0.717) is 31.6 Å². The molecule has 3 rings (SSSR count). The van der Waals surface area contributed by atoms with Crippen LogP contribution in [-0.2, 0) is 0 Å². The molecule has 3 amide bonds. The Kier molecular flexibility index (Phi) is 5.46. The number of anilines is 1. The Bertz CT molecular complexity index is 805. The molecule has 1 heterocycles. The average Bonchev–Trinajstić information content (AvgIpc) is 2.62. The van der Waals surface area contributed by atoms with Crippen LogP contribution >= 0.6 is 0 Å². The molecule has 0 aromatic heterocycles. The van der Waals surface area contributed by atoms with Gasteiger partial charge >= 0.3 is 6.03 Å². The summed E-state index contributed by atoms with van der Waals surface area (Å²) in [6.45, 7) is 0.896. The number of benzene rings is 2. The first-order chi connectivity index (χ1) is 12.5. The van der Waals surface area contributed by atoms with Gasteiger partial charge in [0.2, 0.25) is 0 Å². The topological polar surface area (TPSA) is 61.4 Å². The number of nitrogens with one attached hydrogen (secondary N) is 2. The fourth-order valence-electron chi connectivity index (χ4n) is 2.90.